The molecular weight excluding hydrogens is 508 g/mol. The van der Waals surface area contributed by atoms with Gasteiger partial charge in [-0.15, -0.1) is 0 Å². The largest absolute Gasteiger partial charge is 0.436 e. The van der Waals surface area contributed by atoms with E-state index >= 15 is 0 Å². The Hall–Kier alpha value is -3.32. The number of carbonyl (C=O) groups excluding carboxylic acids is 4. The van der Waals surface area contributed by atoms with Crippen LogP contribution >= 0.6 is 0 Å². The summed E-state index contributed by atoms with van der Waals surface area (Å²) in [6.45, 7) is 14.7. The van der Waals surface area contributed by atoms with Gasteiger partial charge in [0, 0.05) is 17.9 Å². The van der Waals surface area contributed by atoms with E-state index in [1.807, 2.05) is 0 Å². The van der Waals surface area contributed by atoms with Crippen molar-refractivity contribution in [2.24, 2.45) is 17.4 Å². The molecule has 12 nitrogen and oxygen atoms in total. The smallest absolute Gasteiger partial charge is 0.405 e. The van der Waals surface area contributed by atoms with Crippen LogP contribution in [0.3, 0.4) is 0 Å². The summed E-state index contributed by atoms with van der Waals surface area (Å²) in [5.41, 5.74) is 18.1. The quantitative estimate of drug-likeness (QED) is 0.123. The number of amides is 5. The van der Waals surface area contributed by atoms with Crippen LogP contribution in [0.25, 0.3) is 0 Å². The number of benzene rings is 1. The Balaban J connectivity index is 2.99. The number of rotatable bonds is 13. The number of hydrogen-bond acceptors (Lipinski definition) is 7. The number of anilines is 2. The molecule has 0 spiro atoms. The van der Waals surface area contributed by atoms with Gasteiger partial charge in [-0.1, -0.05) is 40.7 Å². The molecule has 0 bridgehead atoms. The number of primary amides is 2. The van der Waals surface area contributed by atoms with Crippen LogP contribution in [0, 0.1) is 5.92 Å². The van der Waals surface area contributed by atoms with Gasteiger partial charge in [0.15, 0.2) is 14.4 Å². The minimum Gasteiger partial charge on any atom is -0.436 e. The predicted octanol–water partition coefficient (Wildman–Crippen LogP) is 2.78. The fourth-order valence-corrected chi connectivity index (χ4v) is 4.12. The van der Waals surface area contributed by atoms with E-state index in [-0.39, 0.29) is 23.9 Å². The second-order valence-electron chi connectivity index (χ2n) is 11.0. The third-order valence-electron chi connectivity index (χ3n) is 6.52. The van der Waals surface area contributed by atoms with E-state index in [2.05, 4.69) is 49.8 Å². The highest BCUT2D eigenvalue weighted by Gasteiger charge is 2.37. The number of urea groups is 1. The van der Waals surface area contributed by atoms with Crippen molar-refractivity contribution in [2.45, 2.75) is 84.3 Å². The Bertz CT molecular complexity index is 995. The minimum atomic E-state index is -1.97. The summed E-state index contributed by atoms with van der Waals surface area (Å²) >= 11 is 0. The van der Waals surface area contributed by atoms with E-state index in [4.69, 9.17) is 26.4 Å². The van der Waals surface area contributed by atoms with Gasteiger partial charge in [0.25, 0.3) is 5.91 Å². The molecule has 0 aromatic heterocycles. The molecule has 38 heavy (non-hydrogen) atoms. The zero-order valence-electron chi connectivity index (χ0n) is 23.5. The van der Waals surface area contributed by atoms with Crippen LogP contribution in [-0.2, 0) is 25.4 Å². The van der Waals surface area contributed by atoms with Gasteiger partial charge in [0.2, 0.25) is 5.91 Å². The molecule has 0 aliphatic rings. The Labute approximate surface area is 225 Å². The minimum absolute atomic E-state index is 0.0547. The van der Waals surface area contributed by atoms with Crippen LogP contribution in [0.5, 0.6) is 0 Å². The zero-order chi connectivity index (χ0) is 29.3. The van der Waals surface area contributed by atoms with Crippen molar-refractivity contribution in [2.75, 3.05) is 17.6 Å². The third-order valence-corrected chi connectivity index (χ3v) is 11.0. The van der Waals surface area contributed by atoms with Gasteiger partial charge in [-0.05, 0) is 54.6 Å². The van der Waals surface area contributed by atoms with Gasteiger partial charge in [0.05, 0.1) is 6.61 Å². The number of carbonyl (C=O) groups is 4. The van der Waals surface area contributed by atoms with Crippen LogP contribution in [-0.4, -0.2) is 50.9 Å². The van der Waals surface area contributed by atoms with Crippen molar-refractivity contribution in [3.05, 3.63) is 23.8 Å². The van der Waals surface area contributed by atoms with E-state index in [0.29, 0.717) is 24.4 Å². The van der Waals surface area contributed by atoms with Crippen molar-refractivity contribution in [3.8, 4) is 0 Å². The van der Waals surface area contributed by atoms with Gasteiger partial charge < -0.3 is 42.3 Å². The van der Waals surface area contributed by atoms with E-state index in [1.54, 1.807) is 32.0 Å². The maximum atomic E-state index is 13.1. The molecule has 1 rings (SSSR count). The first-order valence-electron chi connectivity index (χ1n) is 12.6. The van der Waals surface area contributed by atoms with Crippen molar-refractivity contribution in [3.63, 3.8) is 0 Å². The molecule has 9 N–H and O–H groups in total. The molecule has 0 saturated carbocycles. The van der Waals surface area contributed by atoms with Crippen LogP contribution in [0.4, 0.5) is 21.0 Å². The summed E-state index contributed by atoms with van der Waals surface area (Å²) in [7, 11) is -1.97. The highest BCUT2D eigenvalue weighted by atomic mass is 28.4. The summed E-state index contributed by atoms with van der Waals surface area (Å²) in [5.74, 6) is -1.56. The normalized spacial score (nSPS) is 13.4. The first-order chi connectivity index (χ1) is 17.4. The molecule has 13 heteroatoms. The van der Waals surface area contributed by atoms with Crippen LogP contribution in [0.15, 0.2) is 18.2 Å². The summed E-state index contributed by atoms with van der Waals surface area (Å²) in [6, 6.07) is 3.43. The fourth-order valence-electron chi connectivity index (χ4n) is 3.17. The van der Waals surface area contributed by atoms with E-state index in [9.17, 15) is 19.2 Å². The molecule has 214 valence electrons. The molecular formula is C25H44N6O6Si. The average molecular weight is 553 g/mol. The van der Waals surface area contributed by atoms with Crippen LogP contribution < -0.4 is 33.2 Å². The lowest BCUT2D eigenvalue weighted by Gasteiger charge is -2.36. The fraction of sp³-hybridized carbons (Fsp3) is 0.600. The first-order valence-corrected chi connectivity index (χ1v) is 15.5. The lowest BCUT2D eigenvalue weighted by atomic mass is 10.0. The molecule has 0 fully saturated rings. The number of hydrogen-bond donors (Lipinski definition) is 6. The lowest BCUT2D eigenvalue weighted by molar-refractivity contribution is -0.134. The summed E-state index contributed by atoms with van der Waals surface area (Å²) in [4.78, 5) is 48.1. The van der Waals surface area contributed by atoms with Crippen molar-refractivity contribution in [1.82, 2.24) is 10.6 Å². The molecule has 0 saturated heterocycles. The second-order valence-corrected chi connectivity index (χ2v) is 15.9. The van der Waals surface area contributed by atoms with Crippen molar-refractivity contribution in [1.29, 1.82) is 0 Å². The highest BCUT2D eigenvalue weighted by Crippen LogP contribution is 2.37. The van der Waals surface area contributed by atoms with E-state index < -0.39 is 44.4 Å². The molecule has 2 atom stereocenters. The third kappa shape index (κ3) is 10.6. The highest BCUT2D eigenvalue weighted by molar-refractivity contribution is 6.74. The molecule has 5 amide bonds. The van der Waals surface area contributed by atoms with Crippen molar-refractivity contribution >= 4 is 43.6 Å². The monoisotopic (exact) mass is 552 g/mol. The molecule has 1 aromatic carbocycles. The Morgan fingerprint density at radius 3 is 2.18 bits per heavy atom. The van der Waals surface area contributed by atoms with Gasteiger partial charge in [0.1, 0.15) is 6.04 Å². The molecule has 0 radical (unpaired) electrons. The molecule has 0 aliphatic heterocycles. The number of ether oxygens (including phenoxy) is 1. The number of nitrogens with one attached hydrogen (secondary N) is 3. The van der Waals surface area contributed by atoms with Crippen molar-refractivity contribution < 1.29 is 28.3 Å². The average Bonchev–Trinajstić information content (AvgIpc) is 2.77. The molecule has 0 heterocycles. The topological polar surface area (TPSA) is 201 Å². The molecule has 0 unspecified atom stereocenters. The predicted molar refractivity (Wildman–Crippen MR) is 150 cm³/mol. The van der Waals surface area contributed by atoms with Gasteiger partial charge in [-0.2, -0.15) is 0 Å². The lowest BCUT2D eigenvalue weighted by Crippen LogP contribution is -2.50. The summed E-state index contributed by atoms with van der Waals surface area (Å²) < 4.78 is 11.2. The Morgan fingerprint density at radius 1 is 1.05 bits per heavy atom. The van der Waals surface area contributed by atoms with Crippen LogP contribution in [0.1, 0.15) is 53.0 Å². The molecule has 0 aliphatic carbocycles. The number of nitrogen functional groups attached to an aromatic ring is 1. The maximum absolute atomic E-state index is 13.1. The van der Waals surface area contributed by atoms with Gasteiger partial charge in [-0.25, -0.2) is 9.59 Å². The summed E-state index contributed by atoms with van der Waals surface area (Å²) in [5, 5.41) is 7.87. The van der Waals surface area contributed by atoms with E-state index in [1.165, 1.54) is 0 Å². The van der Waals surface area contributed by atoms with Gasteiger partial charge in [-0.3, -0.25) is 9.59 Å². The standard InChI is InChI=1S/C25H44N6O6Si/c1-15(2)20(37-24(28)35)22(33)31-19(9-8-12-29-23(27)34)21(32)30-17-11-10-16(18(26)13-17)14-36-38(6,7)25(3,4)5/h10-11,13,15,19-20H,8-9,12,14,26H2,1-7H3,(H2,28,35)(H,30,32)(H,31,33)(H3,27,29,34)/t19-,20-/m0/s1. The van der Waals surface area contributed by atoms with E-state index in [0.717, 1.165) is 5.56 Å². The SMILES string of the molecule is CC(C)[C@H](OC(N)=O)C(=O)N[C@@H](CCCNC(N)=O)C(=O)Nc1ccc(CO[Si](C)(C)C(C)(C)C)c(N)c1. The summed E-state index contributed by atoms with van der Waals surface area (Å²) in [6.07, 6.45) is -1.76. The van der Waals surface area contributed by atoms with Gasteiger partial charge >= 0.3 is 12.1 Å². The maximum Gasteiger partial charge on any atom is 0.405 e. The zero-order valence-corrected chi connectivity index (χ0v) is 24.5. The first kappa shape index (κ1) is 32.7. The Kier molecular flexibility index (Phi) is 12.1. The van der Waals surface area contributed by atoms with Crippen LogP contribution in [0.2, 0.25) is 18.1 Å². The Morgan fingerprint density at radius 2 is 1.68 bits per heavy atom. The second kappa shape index (κ2) is 14.0. The molecule has 1 aromatic rings. The number of nitrogens with two attached hydrogens (primary N) is 3.